The summed E-state index contributed by atoms with van der Waals surface area (Å²) in [5.41, 5.74) is 2.01. The fraction of sp³-hybridized carbons (Fsp3) is 0.222. The first kappa shape index (κ1) is 16.3. The Morgan fingerprint density at radius 1 is 1.29 bits per heavy atom. The summed E-state index contributed by atoms with van der Waals surface area (Å²) in [6, 6.07) is 12.8. The number of anilines is 1. The van der Waals surface area contributed by atoms with E-state index in [2.05, 4.69) is 5.32 Å². The van der Waals surface area contributed by atoms with E-state index < -0.39 is 0 Å². The molecular formula is C18H15ClFN3O. The summed E-state index contributed by atoms with van der Waals surface area (Å²) >= 11 is 6.01. The molecule has 0 radical (unpaired) electrons. The van der Waals surface area contributed by atoms with E-state index in [0.29, 0.717) is 35.8 Å². The van der Waals surface area contributed by atoms with Gasteiger partial charge in [0.05, 0.1) is 10.6 Å². The number of halogens is 2. The van der Waals surface area contributed by atoms with Crippen LogP contribution in [0.1, 0.15) is 17.5 Å². The third-order valence-corrected chi connectivity index (χ3v) is 4.33. The Kier molecular flexibility index (Phi) is 4.68. The Labute approximate surface area is 144 Å². The van der Waals surface area contributed by atoms with Crippen LogP contribution in [-0.4, -0.2) is 23.4 Å². The van der Waals surface area contributed by atoms with Gasteiger partial charge in [-0.3, -0.25) is 4.79 Å². The number of nitriles is 1. The second-order valence-corrected chi connectivity index (χ2v) is 6.09. The molecule has 3 rings (SSSR count). The number of nitrogens with one attached hydrogen (secondary N) is 1. The molecule has 1 N–H and O–H groups in total. The van der Waals surface area contributed by atoms with Crippen molar-refractivity contribution in [3.63, 3.8) is 0 Å². The van der Waals surface area contributed by atoms with Gasteiger partial charge in [0.25, 0.3) is 0 Å². The molecule has 1 amide bonds. The molecule has 1 heterocycles. The van der Waals surface area contributed by atoms with Crippen molar-refractivity contribution < 1.29 is 9.18 Å². The first-order valence-corrected chi connectivity index (χ1v) is 7.94. The van der Waals surface area contributed by atoms with Crippen molar-refractivity contribution in [2.75, 3.05) is 11.9 Å². The topological polar surface area (TPSA) is 56.1 Å². The molecule has 2 aromatic carbocycles. The predicted octanol–water partition coefficient (Wildman–Crippen LogP) is 3.56. The molecule has 1 aliphatic heterocycles. The Hall–Kier alpha value is -2.58. The zero-order valence-electron chi connectivity index (χ0n) is 12.8. The lowest BCUT2D eigenvalue weighted by Gasteiger charge is -2.18. The van der Waals surface area contributed by atoms with Crippen molar-refractivity contribution in [2.45, 2.75) is 19.0 Å². The van der Waals surface area contributed by atoms with Crippen LogP contribution < -0.4 is 5.32 Å². The van der Waals surface area contributed by atoms with E-state index >= 15 is 0 Å². The van der Waals surface area contributed by atoms with Gasteiger partial charge in [-0.1, -0.05) is 23.7 Å². The zero-order valence-corrected chi connectivity index (χ0v) is 13.6. The van der Waals surface area contributed by atoms with Gasteiger partial charge in [0.15, 0.2) is 0 Å². The summed E-state index contributed by atoms with van der Waals surface area (Å²) < 4.78 is 12.9. The number of nitrogens with zero attached hydrogens (tertiary/aromatic N) is 2. The van der Waals surface area contributed by atoms with Crippen molar-refractivity contribution in [2.24, 2.45) is 0 Å². The van der Waals surface area contributed by atoms with Crippen LogP contribution in [0.4, 0.5) is 10.1 Å². The second-order valence-electron chi connectivity index (χ2n) is 5.68. The Morgan fingerprint density at radius 2 is 2.04 bits per heavy atom. The molecule has 1 unspecified atom stereocenters. The second kappa shape index (κ2) is 6.90. The number of benzene rings is 2. The SMILES string of the molecule is N#Cc1ccc(NC2CCN(Cc3ccc(F)cc3)C2=O)cc1Cl. The number of amides is 1. The molecule has 1 atom stereocenters. The lowest BCUT2D eigenvalue weighted by atomic mass is 10.2. The highest BCUT2D eigenvalue weighted by Crippen LogP contribution is 2.23. The number of carbonyl (C=O) groups is 1. The van der Waals surface area contributed by atoms with Crippen LogP contribution in [0.2, 0.25) is 5.02 Å². The van der Waals surface area contributed by atoms with Crippen LogP contribution in [0.3, 0.4) is 0 Å². The van der Waals surface area contributed by atoms with Crippen LogP contribution >= 0.6 is 11.6 Å². The molecule has 1 aliphatic rings. The fourth-order valence-corrected chi connectivity index (χ4v) is 2.96. The van der Waals surface area contributed by atoms with E-state index in [1.165, 1.54) is 12.1 Å². The summed E-state index contributed by atoms with van der Waals surface area (Å²) in [6.07, 6.45) is 0.678. The third-order valence-electron chi connectivity index (χ3n) is 4.01. The number of hydrogen-bond acceptors (Lipinski definition) is 3. The number of rotatable bonds is 4. The van der Waals surface area contributed by atoms with Crippen LogP contribution in [0.15, 0.2) is 42.5 Å². The molecule has 4 nitrogen and oxygen atoms in total. The largest absolute Gasteiger partial charge is 0.374 e. The lowest BCUT2D eigenvalue weighted by molar-refractivity contribution is -0.128. The highest BCUT2D eigenvalue weighted by atomic mass is 35.5. The minimum atomic E-state index is -0.325. The van der Waals surface area contributed by atoms with Gasteiger partial charge in [0.1, 0.15) is 17.9 Å². The van der Waals surface area contributed by atoms with Gasteiger partial charge < -0.3 is 10.2 Å². The van der Waals surface area contributed by atoms with Gasteiger partial charge >= 0.3 is 0 Å². The average Bonchev–Trinajstić information content (AvgIpc) is 2.90. The van der Waals surface area contributed by atoms with Gasteiger partial charge in [-0.15, -0.1) is 0 Å². The van der Waals surface area contributed by atoms with E-state index in [-0.39, 0.29) is 17.8 Å². The zero-order chi connectivity index (χ0) is 17.1. The van der Waals surface area contributed by atoms with E-state index in [9.17, 15) is 9.18 Å². The highest BCUT2D eigenvalue weighted by molar-refractivity contribution is 6.32. The first-order chi connectivity index (χ1) is 11.6. The fourth-order valence-electron chi connectivity index (χ4n) is 2.74. The number of likely N-dealkylation sites (tertiary alicyclic amines) is 1. The Bertz CT molecular complexity index is 801. The number of hydrogen-bond donors (Lipinski definition) is 1. The van der Waals surface area contributed by atoms with Crippen molar-refractivity contribution in [3.8, 4) is 6.07 Å². The van der Waals surface area contributed by atoms with Gasteiger partial charge in [0, 0.05) is 18.8 Å². The maximum Gasteiger partial charge on any atom is 0.245 e. The third kappa shape index (κ3) is 3.50. The van der Waals surface area contributed by atoms with Crippen LogP contribution in [0, 0.1) is 17.1 Å². The van der Waals surface area contributed by atoms with E-state index in [0.717, 1.165) is 5.56 Å². The first-order valence-electron chi connectivity index (χ1n) is 7.56. The maximum absolute atomic E-state index is 12.9. The molecule has 1 saturated heterocycles. The highest BCUT2D eigenvalue weighted by Gasteiger charge is 2.31. The molecule has 0 aromatic heterocycles. The molecule has 24 heavy (non-hydrogen) atoms. The minimum absolute atomic E-state index is 0.000179. The van der Waals surface area contributed by atoms with Crippen molar-refractivity contribution in [3.05, 3.63) is 64.4 Å². The van der Waals surface area contributed by atoms with Crippen molar-refractivity contribution in [1.29, 1.82) is 5.26 Å². The normalized spacial score (nSPS) is 17.0. The summed E-state index contributed by atoms with van der Waals surface area (Å²) in [7, 11) is 0. The summed E-state index contributed by atoms with van der Waals surface area (Å²) in [5, 5.41) is 12.4. The van der Waals surface area contributed by atoms with Gasteiger partial charge in [-0.25, -0.2) is 4.39 Å². The monoisotopic (exact) mass is 343 g/mol. The summed E-state index contributed by atoms with van der Waals surface area (Å²) in [6.45, 7) is 1.10. The van der Waals surface area contributed by atoms with E-state index in [1.54, 1.807) is 35.2 Å². The predicted molar refractivity (Wildman–Crippen MR) is 90.0 cm³/mol. The summed E-state index contributed by atoms with van der Waals surface area (Å²) in [5.74, 6) is -0.288. The molecule has 1 fully saturated rings. The van der Waals surface area contributed by atoms with Gasteiger partial charge in [-0.05, 0) is 42.3 Å². The summed E-state index contributed by atoms with van der Waals surface area (Å²) in [4.78, 5) is 14.2. The van der Waals surface area contributed by atoms with Gasteiger partial charge in [0.2, 0.25) is 5.91 Å². The van der Waals surface area contributed by atoms with Crippen molar-refractivity contribution >= 4 is 23.2 Å². The maximum atomic E-state index is 12.9. The lowest BCUT2D eigenvalue weighted by Crippen LogP contribution is -2.33. The standard InChI is InChI=1S/C18H15ClFN3O/c19-16-9-15(6-3-13(16)10-21)22-17-7-8-23(18(17)24)11-12-1-4-14(20)5-2-12/h1-6,9,17,22H,7-8,11H2. The number of carbonyl (C=O) groups excluding carboxylic acids is 1. The molecule has 0 spiro atoms. The Balaban J connectivity index is 1.65. The molecular weight excluding hydrogens is 329 g/mol. The molecule has 0 bridgehead atoms. The molecule has 6 heteroatoms. The van der Waals surface area contributed by atoms with Gasteiger partial charge in [-0.2, -0.15) is 5.26 Å². The van der Waals surface area contributed by atoms with E-state index in [1.807, 2.05) is 6.07 Å². The van der Waals surface area contributed by atoms with Crippen molar-refractivity contribution in [1.82, 2.24) is 4.90 Å². The average molecular weight is 344 g/mol. The molecule has 2 aromatic rings. The molecule has 122 valence electrons. The van der Waals surface area contributed by atoms with Crippen LogP contribution in [-0.2, 0) is 11.3 Å². The smallest absolute Gasteiger partial charge is 0.245 e. The molecule has 0 aliphatic carbocycles. The van der Waals surface area contributed by atoms with Crippen LogP contribution in [0.25, 0.3) is 0 Å². The minimum Gasteiger partial charge on any atom is -0.374 e. The van der Waals surface area contributed by atoms with Crippen LogP contribution in [0.5, 0.6) is 0 Å². The molecule has 0 saturated carbocycles. The van der Waals surface area contributed by atoms with E-state index in [4.69, 9.17) is 16.9 Å². The quantitative estimate of drug-likeness (QED) is 0.923. The Morgan fingerprint density at radius 3 is 2.71 bits per heavy atom.